The minimum Gasteiger partial charge on any atom is -0.411 e. The van der Waals surface area contributed by atoms with Gasteiger partial charge in [0.05, 0.1) is 5.71 Å². The van der Waals surface area contributed by atoms with Crippen molar-refractivity contribution >= 4 is 33.2 Å². The minimum absolute atomic E-state index is 0.0368. The van der Waals surface area contributed by atoms with Gasteiger partial charge in [0.25, 0.3) is 0 Å². The Hall–Kier alpha value is -2.17. The Morgan fingerprint density at radius 3 is 2.48 bits per heavy atom. The third kappa shape index (κ3) is 4.76. The first-order valence-electron chi connectivity index (χ1n) is 8.63. The number of benzene rings is 2. The normalized spacial score (nSPS) is 12.8. The maximum absolute atomic E-state index is 9.71. The molecule has 5 heteroatoms. The zero-order valence-electron chi connectivity index (χ0n) is 15.2. The summed E-state index contributed by atoms with van der Waals surface area (Å²) in [7, 11) is 0. The van der Waals surface area contributed by atoms with Crippen LogP contribution in [0.1, 0.15) is 40.3 Å². The summed E-state index contributed by atoms with van der Waals surface area (Å²) in [5.41, 5.74) is 5.81. The first-order valence-corrected chi connectivity index (χ1v) is 9.80. The van der Waals surface area contributed by atoms with Gasteiger partial charge in [-0.05, 0) is 66.9 Å². The van der Waals surface area contributed by atoms with Crippen molar-refractivity contribution in [1.82, 2.24) is 4.98 Å². The van der Waals surface area contributed by atoms with Gasteiger partial charge in [0.15, 0.2) is 0 Å². The van der Waals surface area contributed by atoms with Crippen LogP contribution in [0.5, 0.6) is 0 Å². The van der Waals surface area contributed by atoms with Gasteiger partial charge in [-0.3, -0.25) is 4.98 Å². The second-order valence-corrected chi connectivity index (χ2v) is 7.89. The van der Waals surface area contributed by atoms with Crippen molar-refractivity contribution in [3.63, 3.8) is 0 Å². The number of oxime groups is 1. The SMILES string of the molecule is Cc1cc(/C(C[C@H](c2ccc(Br)cc2)c2ccc(Cl)cc2C)=N\O)ccn1. The number of aromatic nitrogens is 1. The zero-order valence-corrected chi connectivity index (χ0v) is 17.5. The Balaban J connectivity index is 2.05. The van der Waals surface area contributed by atoms with E-state index in [1.807, 2.05) is 43.3 Å². The van der Waals surface area contributed by atoms with Crippen molar-refractivity contribution in [3.8, 4) is 0 Å². The molecule has 0 saturated heterocycles. The molecule has 3 rings (SSSR count). The molecular formula is C22H20BrClN2O. The van der Waals surface area contributed by atoms with Crippen LogP contribution in [0, 0.1) is 13.8 Å². The molecule has 0 fully saturated rings. The standard InChI is InChI=1S/C22H20BrClN2O/c1-14-11-19(24)7-8-20(14)21(16-3-5-18(23)6-4-16)13-22(26-27)17-9-10-25-15(2)12-17/h3-12,21,27H,13H2,1-2H3/b26-22-/t21-/m1/s1. The summed E-state index contributed by atoms with van der Waals surface area (Å²) in [6, 6.07) is 18.0. The Morgan fingerprint density at radius 2 is 1.85 bits per heavy atom. The molecule has 0 aliphatic carbocycles. The van der Waals surface area contributed by atoms with E-state index in [9.17, 15) is 5.21 Å². The summed E-state index contributed by atoms with van der Waals surface area (Å²) in [4.78, 5) is 4.23. The van der Waals surface area contributed by atoms with Gasteiger partial charge in [0.2, 0.25) is 0 Å². The van der Waals surface area contributed by atoms with E-state index in [2.05, 4.69) is 51.2 Å². The summed E-state index contributed by atoms with van der Waals surface area (Å²) < 4.78 is 1.03. The highest BCUT2D eigenvalue weighted by Crippen LogP contribution is 2.33. The molecule has 138 valence electrons. The van der Waals surface area contributed by atoms with Crippen molar-refractivity contribution in [2.24, 2.45) is 5.16 Å². The number of pyridine rings is 1. The molecule has 1 aromatic heterocycles. The van der Waals surface area contributed by atoms with Gasteiger partial charge < -0.3 is 5.21 Å². The lowest BCUT2D eigenvalue weighted by Crippen LogP contribution is -2.12. The molecule has 0 bridgehead atoms. The van der Waals surface area contributed by atoms with Crippen LogP contribution >= 0.6 is 27.5 Å². The van der Waals surface area contributed by atoms with E-state index in [4.69, 9.17) is 11.6 Å². The average Bonchev–Trinajstić information content (AvgIpc) is 2.64. The molecule has 0 aliphatic rings. The fraction of sp³-hybridized carbons (Fsp3) is 0.182. The van der Waals surface area contributed by atoms with Crippen molar-refractivity contribution in [2.75, 3.05) is 0 Å². The predicted molar refractivity (Wildman–Crippen MR) is 114 cm³/mol. The number of aryl methyl sites for hydroxylation is 2. The molecule has 3 aromatic rings. The number of rotatable bonds is 5. The summed E-state index contributed by atoms with van der Waals surface area (Å²) in [5.74, 6) is 0.0368. The van der Waals surface area contributed by atoms with Crippen molar-refractivity contribution < 1.29 is 5.21 Å². The smallest absolute Gasteiger partial charge is 0.0878 e. The fourth-order valence-corrected chi connectivity index (χ4v) is 3.76. The molecule has 0 radical (unpaired) electrons. The van der Waals surface area contributed by atoms with Crippen LogP contribution in [0.25, 0.3) is 0 Å². The molecule has 0 aliphatic heterocycles. The quantitative estimate of drug-likeness (QED) is 0.277. The molecule has 0 unspecified atom stereocenters. The number of halogens is 2. The molecule has 0 spiro atoms. The third-order valence-electron chi connectivity index (χ3n) is 4.63. The van der Waals surface area contributed by atoms with E-state index in [1.165, 1.54) is 0 Å². The molecule has 1 N–H and O–H groups in total. The van der Waals surface area contributed by atoms with Gasteiger partial charge in [-0.1, -0.05) is 50.9 Å². The first-order chi connectivity index (χ1) is 13.0. The molecule has 0 amide bonds. The van der Waals surface area contributed by atoms with Crippen molar-refractivity contribution in [2.45, 2.75) is 26.2 Å². The Bertz CT molecular complexity index is 970. The highest BCUT2D eigenvalue weighted by atomic mass is 79.9. The highest BCUT2D eigenvalue weighted by Gasteiger charge is 2.20. The van der Waals surface area contributed by atoms with Crippen LogP contribution in [-0.2, 0) is 0 Å². The molecule has 0 saturated carbocycles. The van der Waals surface area contributed by atoms with Crippen LogP contribution in [0.2, 0.25) is 5.02 Å². The van der Waals surface area contributed by atoms with E-state index < -0.39 is 0 Å². The Labute approximate surface area is 172 Å². The van der Waals surface area contributed by atoms with Gasteiger partial charge in [-0.15, -0.1) is 0 Å². The zero-order chi connectivity index (χ0) is 19.4. The van der Waals surface area contributed by atoms with Crippen LogP contribution < -0.4 is 0 Å². The molecular weight excluding hydrogens is 424 g/mol. The summed E-state index contributed by atoms with van der Waals surface area (Å²) in [6.07, 6.45) is 2.29. The lowest BCUT2D eigenvalue weighted by atomic mass is 9.83. The maximum atomic E-state index is 9.71. The summed E-state index contributed by atoms with van der Waals surface area (Å²) in [5, 5.41) is 14.0. The summed E-state index contributed by atoms with van der Waals surface area (Å²) >= 11 is 9.65. The van der Waals surface area contributed by atoms with Crippen LogP contribution in [0.4, 0.5) is 0 Å². The van der Waals surface area contributed by atoms with Gasteiger partial charge in [0, 0.05) is 39.3 Å². The molecule has 3 nitrogen and oxygen atoms in total. The Morgan fingerprint density at radius 1 is 1.11 bits per heavy atom. The van der Waals surface area contributed by atoms with E-state index in [0.717, 1.165) is 32.4 Å². The van der Waals surface area contributed by atoms with E-state index in [1.54, 1.807) is 6.20 Å². The number of hydrogen-bond donors (Lipinski definition) is 1. The molecule has 27 heavy (non-hydrogen) atoms. The lowest BCUT2D eigenvalue weighted by Gasteiger charge is -2.21. The average molecular weight is 444 g/mol. The largest absolute Gasteiger partial charge is 0.411 e. The van der Waals surface area contributed by atoms with E-state index in [0.29, 0.717) is 17.2 Å². The highest BCUT2D eigenvalue weighted by molar-refractivity contribution is 9.10. The first kappa shape index (κ1) is 19.6. The number of nitrogens with zero attached hydrogens (tertiary/aromatic N) is 2. The third-order valence-corrected chi connectivity index (χ3v) is 5.39. The van der Waals surface area contributed by atoms with Gasteiger partial charge in [-0.25, -0.2) is 0 Å². The van der Waals surface area contributed by atoms with Crippen molar-refractivity contribution in [3.05, 3.63) is 98.2 Å². The van der Waals surface area contributed by atoms with E-state index >= 15 is 0 Å². The van der Waals surface area contributed by atoms with Crippen LogP contribution in [0.3, 0.4) is 0 Å². The van der Waals surface area contributed by atoms with Gasteiger partial charge in [-0.2, -0.15) is 0 Å². The second-order valence-electron chi connectivity index (χ2n) is 6.54. The predicted octanol–water partition coefficient (Wildman–Crippen LogP) is 6.51. The van der Waals surface area contributed by atoms with Crippen molar-refractivity contribution in [1.29, 1.82) is 0 Å². The lowest BCUT2D eigenvalue weighted by molar-refractivity contribution is 0.317. The molecule has 2 aromatic carbocycles. The van der Waals surface area contributed by atoms with Crippen LogP contribution in [-0.4, -0.2) is 15.9 Å². The Kier molecular flexibility index (Phi) is 6.30. The maximum Gasteiger partial charge on any atom is 0.0878 e. The topological polar surface area (TPSA) is 45.5 Å². The minimum atomic E-state index is 0.0368. The summed E-state index contributed by atoms with van der Waals surface area (Å²) in [6.45, 7) is 3.98. The monoisotopic (exact) mass is 442 g/mol. The van der Waals surface area contributed by atoms with Gasteiger partial charge in [0.1, 0.15) is 0 Å². The molecule has 1 heterocycles. The van der Waals surface area contributed by atoms with Crippen LogP contribution in [0.15, 0.2) is 70.4 Å². The van der Waals surface area contributed by atoms with Gasteiger partial charge >= 0.3 is 0 Å². The van der Waals surface area contributed by atoms with E-state index in [-0.39, 0.29) is 5.92 Å². The fourth-order valence-electron chi connectivity index (χ4n) is 3.27. The number of hydrogen-bond acceptors (Lipinski definition) is 3. The second kappa shape index (κ2) is 8.68. The molecule has 1 atom stereocenters.